The molecule has 1 fully saturated rings. The largest absolute Gasteiger partial charge is 0.383 e. The van der Waals surface area contributed by atoms with Gasteiger partial charge in [-0.3, -0.25) is 4.90 Å². The molecule has 0 heterocycles. The summed E-state index contributed by atoms with van der Waals surface area (Å²) in [6.45, 7) is 14.3. The quantitative estimate of drug-likeness (QED) is 0.780. The molecule has 0 aromatic heterocycles. The van der Waals surface area contributed by atoms with Gasteiger partial charge in [0.1, 0.15) is 0 Å². The van der Waals surface area contributed by atoms with Gasteiger partial charge in [-0.15, -0.1) is 0 Å². The highest BCUT2D eigenvalue weighted by Gasteiger charge is 2.47. The predicted molar refractivity (Wildman–Crippen MR) is 86.9 cm³/mol. The van der Waals surface area contributed by atoms with Gasteiger partial charge in [-0.25, -0.2) is 0 Å². The zero-order valence-electron chi connectivity index (χ0n) is 14.5. The van der Waals surface area contributed by atoms with Crippen LogP contribution in [0.3, 0.4) is 0 Å². The maximum atomic E-state index is 6.30. The van der Waals surface area contributed by atoms with Crippen LogP contribution >= 0.6 is 0 Å². The van der Waals surface area contributed by atoms with E-state index in [9.17, 15) is 0 Å². The standard InChI is InChI=1S/C17H36N2O/c1-7-15(3)19(10-11-20-6)17(13-18)9-8-16(4,5)12-14(17)2/h14-15H,7-13,18H2,1-6H3. The van der Waals surface area contributed by atoms with Crippen molar-refractivity contribution in [2.45, 2.75) is 71.9 Å². The molecule has 0 radical (unpaired) electrons. The smallest absolute Gasteiger partial charge is 0.0590 e. The predicted octanol–water partition coefficient (Wildman–Crippen LogP) is 3.28. The fourth-order valence-electron chi connectivity index (χ4n) is 4.06. The van der Waals surface area contributed by atoms with Crippen LogP contribution in [-0.4, -0.2) is 43.3 Å². The van der Waals surface area contributed by atoms with E-state index < -0.39 is 0 Å². The molecule has 0 aromatic rings. The minimum atomic E-state index is 0.156. The molecule has 2 N–H and O–H groups in total. The topological polar surface area (TPSA) is 38.5 Å². The van der Waals surface area contributed by atoms with E-state index in [1.54, 1.807) is 7.11 Å². The SMILES string of the molecule is CCC(C)N(CCOC)C1(CN)CCC(C)(C)CC1C. The average molecular weight is 284 g/mol. The summed E-state index contributed by atoms with van der Waals surface area (Å²) in [5, 5.41) is 0. The fraction of sp³-hybridized carbons (Fsp3) is 1.00. The van der Waals surface area contributed by atoms with Crippen LogP contribution in [0.15, 0.2) is 0 Å². The zero-order chi connectivity index (χ0) is 15.4. The molecule has 20 heavy (non-hydrogen) atoms. The Morgan fingerprint density at radius 2 is 2.00 bits per heavy atom. The van der Waals surface area contributed by atoms with Gasteiger partial charge in [0.15, 0.2) is 0 Å². The van der Waals surface area contributed by atoms with E-state index in [1.807, 2.05) is 0 Å². The summed E-state index contributed by atoms with van der Waals surface area (Å²) in [7, 11) is 1.79. The Morgan fingerprint density at radius 3 is 2.45 bits per heavy atom. The van der Waals surface area contributed by atoms with Crippen LogP contribution < -0.4 is 5.73 Å². The van der Waals surface area contributed by atoms with Crippen LogP contribution in [0.4, 0.5) is 0 Å². The lowest BCUT2D eigenvalue weighted by molar-refractivity contribution is -0.0530. The molecular weight excluding hydrogens is 248 g/mol. The van der Waals surface area contributed by atoms with Crippen LogP contribution in [-0.2, 0) is 4.74 Å². The number of ether oxygens (including phenoxy) is 1. The summed E-state index contributed by atoms with van der Waals surface area (Å²) < 4.78 is 5.34. The van der Waals surface area contributed by atoms with Gasteiger partial charge in [0.25, 0.3) is 0 Å². The van der Waals surface area contributed by atoms with Crippen molar-refractivity contribution < 1.29 is 4.74 Å². The first kappa shape index (κ1) is 17.9. The molecule has 0 spiro atoms. The normalized spacial score (nSPS) is 31.5. The van der Waals surface area contributed by atoms with Crippen molar-refractivity contribution in [1.82, 2.24) is 4.90 Å². The van der Waals surface area contributed by atoms with Crippen molar-refractivity contribution in [2.75, 3.05) is 26.8 Å². The molecule has 0 bridgehead atoms. The molecule has 1 rings (SSSR count). The Balaban J connectivity index is 2.98. The number of hydrogen-bond donors (Lipinski definition) is 1. The van der Waals surface area contributed by atoms with Crippen LogP contribution in [0.25, 0.3) is 0 Å². The first-order valence-electron chi connectivity index (χ1n) is 8.28. The summed E-state index contributed by atoms with van der Waals surface area (Å²) in [6.07, 6.45) is 4.92. The van der Waals surface area contributed by atoms with Crippen molar-refractivity contribution in [3.05, 3.63) is 0 Å². The van der Waals surface area contributed by atoms with Crippen LogP contribution in [0.5, 0.6) is 0 Å². The van der Waals surface area contributed by atoms with Gasteiger partial charge in [-0.1, -0.05) is 27.7 Å². The highest BCUT2D eigenvalue weighted by molar-refractivity contribution is 5.03. The van der Waals surface area contributed by atoms with Gasteiger partial charge < -0.3 is 10.5 Å². The van der Waals surface area contributed by atoms with Crippen LogP contribution in [0.2, 0.25) is 0 Å². The van der Waals surface area contributed by atoms with E-state index in [2.05, 4.69) is 39.5 Å². The van der Waals surface area contributed by atoms with Gasteiger partial charge in [0.2, 0.25) is 0 Å². The van der Waals surface area contributed by atoms with Crippen molar-refractivity contribution in [3.8, 4) is 0 Å². The molecule has 0 aromatic carbocycles. The number of hydrogen-bond acceptors (Lipinski definition) is 3. The monoisotopic (exact) mass is 284 g/mol. The van der Waals surface area contributed by atoms with Crippen LogP contribution in [0, 0.1) is 11.3 Å². The van der Waals surface area contributed by atoms with E-state index in [0.717, 1.165) is 19.7 Å². The molecule has 120 valence electrons. The van der Waals surface area contributed by atoms with Gasteiger partial charge in [0, 0.05) is 31.8 Å². The van der Waals surface area contributed by atoms with E-state index in [1.165, 1.54) is 25.7 Å². The third-order valence-corrected chi connectivity index (χ3v) is 5.60. The van der Waals surface area contributed by atoms with Crippen molar-refractivity contribution in [2.24, 2.45) is 17.1 Å². The maximum absolute atomic E-state index is 6.30. The Bertz CT molecular complexity index is 293. The summed E-state index contributed by atoms with van der Waals surface area (Å²) in [4.78, 5) is 2.65. The van der Waals surface area contributed by atoms with Crippen molar-refractivity contribution >= 4 is 0 Å². The first-order valence-corrected chi connectivity index (χ1v) is 8.28. The summed E-state index contributed by atoms with van der Waals surface area (Å²) >= 11 is 0. The van der Waals surface area contributed by atoms with Gasteiger partial charge in [0.05, 0.1) is 6.61 Å². The van der Waals surface area contributed by atoms with Gasteiger partial charge in [-0.05, 0) is 43.9 Å². The van der Waals surface area contributed by atoms with Gasteiger partial charge >= 0.3 is 0 Å². The second-order valence-electron chi connectivity index (χ2n) is 7.52. The molecule has 3 heteroatoms. The number of nitrogens with zero attached hydrogens (tertiary/aromatic N) is 1. The maximum Gasteiger partial charge on any atom is 0.0590 e. The minimum absolute atomic E-state index is 0.156. The molecule has 0 saturated heterocycles. The van der Waals surface area contributed by atoms with Crippen LogP contribution in [0.1, 0.15) is 60.3 Å². The molecule has 1 saturated carbocycles. The second kappa shape index (κ2) is 7.24. The summed E-state index contributed by atoms with van der Waals surface area (Å²) in [5.41, 5.74) is 6.91. The molecule has 0 aliphatic heterocycles. The highest BCUT2D eigenvalue weighted by atomic mass is 16.5. The molecule has 3 nitrogen and oxygen atoms in total. The Morgan fingerprint density at radius 1 is 1.35 bits per heavy atom. The highest BCUT2D eigenvalue weighted by Crippen LogP contribution is 2.46. The number of rotatable bonds is 7. The van der Waals surface area contributed by atoms with E-state index in [0.29, 0.717) is 17.4 Å². The Kier molecular flexibility index (Phi) is 6.49. The lowest BCUT2D eigenvalue weighted by Crippen LogP contribution is -2.63. The third-order valence-electron chi connectivity index (χ3n) is 5.60. The van der Waals surface area contributed by atoms with E-state index in [4.69, 9.17) is 10.5 Å². The first-order chi connectivity index (χ1) is 9.33. The summed E-state index contributed by atoms with van der Waals surface area (Å²) in [5.74, 6) is 0.641. The average Bonchev–Trinajstić information content (AvgIpc) is 2.40. The number of methoxy groups -OCH3 is 1. The van der Waals surface area contributed by atoms with E-state index >= 15 is 0 Å². The third kappa shape index (κ3) is 3.75. The van der Waals surface area contributed by atoms with Gasteiger partial charge in [-0.2, -0.15) is 0 Å². The van der Waals surface area contributed by atoms with Crippen molar-refractivity contribution in [3.63, 3.8) is 0 Å². The minimum Gasteiger partial charge on any atom is -0.383 e. The van der Waals surface area contributed by atoms with Crippen molar-refractivity contribution in [1.29, 1.82) is 0 Å². The lowest BCUT2D eigenvalue weighted by Gasteiger charge is -2.55. The zero-order valence-corrected chi connectivity index (χ0v) is 14.5. The number of nitrogens with two attached hydrogens (primary N) is 1. The molecular formula is C17H36N2O. The second-order valence-corrected chi connectivity index (χ2v) is 7.52. The lowest BCUT2D eigenvalue weighted by atomic mass is 9.62. The fourth-order valence-corrected chi connectivity index (χ4v) is 4.06. The molecule has 3 unspecified atom stereocenters. The molecule has 3 atom stereocenters. The molecule has 1 aliphatic rings. The Labute approximate surface area is 126 Å². The van der Waals surface area contributed by atoms with E-state index in [-0.39, 0.29) is 5.54 Å². The Hall–Kier alpha value is -0.120. The molecule has 0 amide bonds. The molecule has 1 aliphatic carbocycles. The summed E-state index contributed by atoms with van der Waals surface area (Å²) in [6, 6.07) is 0.567.